The quantitative estimate of drug-likeness (QED) is 0.346. The fourth-order valence-corrected chi connectivity index (χ4v) is 2.37. The third kappa shape index (κ3) is 3.27. The van der Waals surface area contributed by atoms with Crippen LogP contribution in [0.4, 0.5) is 0 Å². The molecule has 0 atom stereocenters. The normalized spacial score (nSPS) is 11.5. The Morgan fingerprint density at radius 3 is 2.62 bits per heavy atom. The molecule has 0 bridgehead atoms. The van der Waals surface area contributed by atoms with E-state index < -0.39 is 0 Å². The van der Waals surface area contributed by atoms with Gasteiger partial charge in [0.25, 0.3) is 0 Å². The van der Waals surface area contributed by atoms with E-state index in [1.807, 2.05) is 56.3 Å². The first-order valence-corrected chi connectivity index (χ1v) is 7.56. The molecule has 1 N–H and O–H groups in total. The summed E-state index contributed by atoms with van der Waals surface area (Å²) in [4.78, 5) is 8.61. The molecule has 0 aliphatic carbocycles. The molecule has 0 saturated heterocycles. The molecule has 2 heterocycles. The summed E-state index contributed by atoms with van der Waals surface area (Å²) in [6, 6.07) is 13.5. The van der Waals surface area contributed by atoms with Crippen molar-refractivity contribution >= 4 is 5.84 Å². The Balaban J connectivity index is 1.95. The zero-order valence-electron chi connectivity index (χ0n) is 13.5. The van der Waals surface area contributed by atoms with E-state index in [-0.39, 0.29) is 0 Å². The molecule has 3 rings (SSSR count). The molecule has 0 saturated carbocycles. The Hall–Kier alpha value is -3.15. The van der Waals surface area contributed by atoms with Gasteiger partial charge in [-0.25, -0.2) is 9.97 Å². The summed E-state index contributed by atoms with van der Waals surface area (Å²) < 4.78 is 7.57. The molecule has 2 aromatic heterocycles. The maximum Gasteiger partial charge on any atom is 0.225 e. The van der Waals surface area contributed by atoms with Crippen molar-refractivity contribution in [3.8, 4) is 5.88 Å². The third-order valence-corrected chi connectivity index (χ3v) is 3.61. The van der Waals surface area contributed by atoms with Crippen molar-refractivity contribution in [3.05, 3.63) is 77.5 Å². The number of hydrogen-bond donors (Lipinski definition) is 1. The number of aromatic nitrogens is 3. The van der Waals surface area contributed by atoms with E-state index in [0.29, 0.717) is 29.7 Å². The van der Waals surface area contributed by atoms with E-state index in [2.05, 4.69) is 15.1 Å². The Bertz CT molecular complexity index is 856. The summed E-state index contributed by atoms with van der Waals surface area (Å²) in [5, 5.41) is 12.9. The van der Waals surface area contributed by atoms with E-state index in [0.717, 1.165) is 11.3 Å². The van der Waals surface area contributed by atoms with Crippen molar-refractivity contribution in [1.29, 1.82) is 0 Å². The van der Waals surface area contributed by atoms with Crippen LogP contribution in [0.2, 0.25) is 0 Å². The summed E-state index contributed by atoms with van der Waals surface area (Å²) in [5.74, 6) is 1.44. The van der Waals surface area contributed by atoms with Gasteiger partial charge in [0, 0.05) is 18.1 Å². The highest BCUT2D eigenvalue weighted by atomic mass is 16.5. The van der Waals surface area contributed by atoms with Gasteiger partial charge in [0.2, 0.25) is 5.88 Å². The smallest absolute Gasteiger partial charge is 0.225 e. The van der Waals surface area contributed by atoms with Crippen LogP contribution in [0.25, 0.3) is 0 Å². The standard InChI is InChI=1S/C18H18N4O2/c1-13-8-9-16(17(21-23)22-11-10-19-14(22)2)18(20-13)24-12-15-6-4-3-5-7-15/h3-11,23H,12H2,1-2H3/b21-17-. The minimum absolute atomic E-state index is 0.320. The molecule has 0 aliphatic heterocycles. The van der Waals surface area contributed by atoms with Crippen LogP contribution in [-0.2, 0) is 6.61 Å². The molecular weight excluding hydrogens is 304 g/mol. The van der Waals surface area contributed by atoms with Crippen LogP contribution in [0, 0.1) is 13.8 Å². The van der Waals surface area contributed by atoms with Gasteiger partial charge in [0.05, 0.1) is 5.56 Å². The Morgan fingerprint density at radius 2 is 1.96 bits per heavy atom. The highest BCUT2D eigenvalue weighted by Crippen LogP contribution is 2.20. The lowest BCUT2D eigenvalue weighted by atomic mass is 10.2. The van der Waals surface area contributed by atoms with Crippen LogP contribution < -0.4 is 4.74 Å². The summed E-state index contributed by atoms with van der Waals surface area (Å²) in [6.45, 7) is 4.10. The molecule has 0 spiro atoms. The van der Waals surface area contributed by atoms with E-state index in [4.69, 9.17) is 4.74 Å². The van der Waals surface area contributed by atoms with E-state index in [1.165, 1.54) is 0 Å². The van der Waals surface area contributed by atoms with Gasteiger partial charge in [0.1, 0.15) is 12.4 Å². The van der Waals surface area contributed by atoms with E-state index in [1.54, 1.807) is 17.0 Å². The summed E-state index contributed by atoms with van der Waals surface area (Å²) in [7, 11) is 0. The molecule has 122 valence electrons. The van der Waals surface area contributed by atoms with E-state index in [9.17, 15) is 5.21 Å². The predicted octanol–water partition coefficient (Wildman–Crippen LogP) is 3.16. The molecule has 1 aromatic carbocycles. The van der Waals surface area contributed by atoms with Gasteiger partial charge in [-0.1, -0.05) is 35.5 Å². The van der Waals surface area contributed by atoms with Crippen LogP contribution in [-0.4, -0.2) is 25.6 Å². The monoisotopic (exact) mass is 322 g/mol. The molecule has 6 nitrogen and oxygen atoms in total. The maximum absolute atomic E-state index is 9.51. The summed E-state index contributed by atoms with van der Waals surface area (Å²) >= 11 is 0. The van der Waals surface area contributed by atoms with Gasteiger partial charge >= 0.3 is 0 Å². The van der Waals surface area contributed by atoms with Gasteiger partial charge < -0.3 is 9.94 Å². The zero-order valence-corrected chi connectivity index (χ0v) is 13.5. The van der Waals surface area contributed by atoms with Crippen molar-refractivity contribution in [2.45, 2.75) is 20.5 Å². The van der Waals surface area contributed by atoms with Gasteiger partial charge in [-0.05, 0) is 31.5 Å². The lowest BCUT2D eigenvalue weighted by molar-refractivity contribution is 0.291. The molecule has 0 fully saturated rings. The molecule has 0 unspecified atom stereocenters. The van der Waals surface area contributed by atoms with Crippen molar-refractivity contribution < 1.29 is 9.94 Å². The summed E-state index contributed by atoms with van der Waals surface area (Å²) in [5.41, 5.74) is 2.45. The fourth-order valence-electron chi connectivity index (χ4n) is 2.37. The Kier molecular flexibility index (Phi) is 4.56. The average Bonchev–Trinajstić information content (AvgIpc) is 3.02. The van der Waals surface area contributed by atoms with Crippen molar-refractivity contribution in [1.82, 2.24) is 14.5 Å². The zero-order chi connectivity index (χ0) is 16.9. The van der Waals surface area contributed by atoms with Gasteiger partial charge in [0.15, 0.2) is 5.84 Å². The van der Waals surface area contributed by atoms with Gasteiger partial charge in [-0.3, -0.25) is 4.57 Å². The number of pyridine rings is 1. The second-order valence-corrected chi connectivity index (χ2v) is 5.35. The van der Waals surface area contributed by atoms with Crippen molar-refractivity contribution in [2.75, 3.05) is 0 Å². The topological polar surface area (TPSA) is 72.5 Å². The number of hydrogen-bond acceptors (Lipinski definition) is 5. The Labute approximate surface area is 140 Å². The van der Waals surface area contributed by atoms with Gasteiger partial charge in [-0.15, -0.1) is 0 Å². The Morgan fingerprint density at radius 1 is 1.17 bits per heavy atom. The SMILES string of the molecule is Cc1ccc(/C(=N/O)n2ccnc2C)c(OCc2ccccc2)n1. The van der Waals surface area contributed by atoms with Gasteiger partial charge in [-0.2, -0.15) is 0 Å². The third-order valence-electron chi connectivity index (χ3n) is 3.61. The molecule has 3 aromatic rings. The van der Waals surface area contributed by atoms with Crippen LogP contribution in [0.5, 0.6) is 5.88 Å². The maximum atomic E-state index is 9.51. The number of rotatable bonds is 4. The van der Waals surface area contributed by atoms with Crippen LogP contribution in [0.3, 0.4) is 0 Å². The minimum atomic E-state index is 0.320. The number of nitrogens with zero attached hydrogens (tertiary/aromatic N) is 4. The van der Waals surface area contributed by atoms with E-state index >= 15 is 0 Å². The summed E-state index contributed by atoms with van der Waals surface area (Å²) in [6.07, 6.45) is 3.37. The minimum Gasteiger partial charge on any atom is -0.472 e. The van der Waals surface area contributed by atoms with Crippen LogP contribution in [0.15, 0.2) is 60.0 Å². The first kappa shape index (κ1) is 15.7. The molecule has 6 heteroatoms. The first-order chi connectivity index (χ1) is 11.7. The molecule has 0 amide bonds. The number of imidazole rings is 1. The molecule has 0 radical (unpaired) electrons. The number of oxime groups is 1. The lowest BCUT2D eigenvalue weighted by Gasteiger charge is -2.13. The highest BCUT2D eigenvalue weighted by Gasteiger charge is 2.17. The second-order valence-electron chi connectivity index (χ2n) is 5.35. The predicted molar refractivity (Wildman–Crippen MR) is 90.4 cm³/mol. The molecule has 24 heavy (non-hydrogen) atoms. The molecule has 0 aliphatic rings. The van der Waals surface area contributed by atoms with Crippen molar-refractivity contribution in [2.24, 2.45) is 5.16 Å². The average molecular weight is 322 g/mol. The first-order valence-electron chi connectivity index (χ1n) is 7.56. The second kappa shape index (κ2) is 6.95. The van der Waals surface area contributed by atoms with Crippen LogP contribution in [0.1, 0.15) is 22.6 Å². The number of ether oxygens (including phenoxy) is 1. The fraction of sp³-hybridized carbons (Fsp3) is 0.167. The van der Waals surface area contributed by atoms with Crippen LogP contribution >= 0.6 is 0 Å². The lowest BCUT2D eigenvalue weighted by Crippen LogP contribution is -2.17. The number of aryl methyl sites for hydroxylation is 2. The largest absolute Gasteiger partial charge is 0.472 e. The highest BCUT2D eigenvalue weighted by molar-refractivity contribution is 6.02. The van der Waals surface area contributed by atoms with Crippen molar-refractivity contribution in [3.63, 3.8) is 0 Å². The number of benzene rings is 1. The molecular formula is C18H18N4O2.